The Morgan fingerprint density at radius 3 is 2.33 bits per heavy atom. The van der Waals surface area contributed by atoms with Crippen molar-refractivity contribution >= 4 is 17.7 Å². The van der Waals surface area contributed by atoms with Gasteiger partial charge in [0.15, 0.2) is 0 Å². The second-order valence-corrected chi connectivity index (χ2v) is 2.55. The van der Waals surface area contributed by atoms with Gasteiger partial charge >= 0.3 is 5.97 Å². The topological polar surface area (TPSA) is 119 Å². The lowest BCUT2D eigenvalue weighted by Crippen LogP contribution is -2.13. The van der Waals surface area contributed by atoms with E-state index in [1.54, 1.807) is 13.0 Å². The van der Waals surface area contributed by atoms with E-state index >= 15 is 0 Å². The molecule has 0 aliphatic rings. The van der Waals surface area contributed by atoms with Gasteiger partial charge in [0, 0.05) is 12.6 Å². The van der Waals surface area contributed by atoms with E-state index in [0.717, 1.165) is 0 Å². The van der Waals surface area contributed by atoms with Gasteiger partial charge in [-0.2, -0.15) is 0 Å². The summed E-state index contributed by atoms with van der Waals surface area (Å²) < 4.78 is 0. The van der Waals surface area contributed by atoms with Crippen LogP contribution in [-0.2, 0) is 4.79 Å². The summed E-state index contributed by atoms with van der Waals surface area (Å²) in [7, 11) is 0. The molecule has 0 unspecified atom stereocenters. The number of pyridine rings is 1. The lowest BCUT2D eigenvalue weighted by atomic mass is 10.2. The van der Waals surface area contributed by atoms with Gasteiger partial charge in [-0.05, 0) is 12.1 Å². The average Bonchev–Trinajstić information content (AvgIpc) is 2.19. The van der Waals surface area contributed by atoms with Crippen LogP contribution in [0.15, 0.2) is 18.3 Å². The normalized spacial score (nSPS) is 8.60. The number of carbonyl (C=O) groups excluding carboxylic acids is 1. The SMILES string of the molecule is CCC(=O)O.NC(=O)c1cccnc1N. The minimum atomic E-state index is -0.745. The zero-order valence-electron chi connectivity index (χ0n) is 8.30. The molecule has 1 heterocycles. The van der Waals surface area contributed by atoms with Crippen molar-refractivity contribution in [2.45, 2.75) is 13.3 Å². The van der Waals surface area contributed by atoms with Gasteiger partial charge in [-0.25, -0.2) is 4.98 Å². The molecule has 5 N–H and O–H groups in total. The van der Waals surface area contributed by atoms with E-state index in [9.17, 15) is 9.59 Å². The molecule has 0 saturated heterocycles. The molecule has 6 nitrogen and oxygen atoms in total. The summed E-state index contributed by atoms with van der Waals surface area (Å²) in [6.45, 7) is 1.60. The number of nitrogens with zero attached hydrogens (tertiary/aromatic N) is 1. The fourth-order valence-electron chi connectivity index (χ4n) is 0.626. The Kier molecular flexibility index (Phi) is 5.47. The Labute approximate surface area is 86.9 Å². The molecule has 0 radical (unpaired) electrons. The van der Waals surface area contributed by atoms with Crippen molar-refractivity contribution in [2.75, 3.05) is 5.73 Å². The van der Waals surface area contributed by atoms with Crippen LogP contribution in [0.5, 0.6) is 0 Å². The van der Waals surface area contributed by atoms with Crippen LogP contribution in [0.1, 0.15) is 23.7 Å². The van der Waals surface area contributed by atoms with Crippen molar-refractivity contribution in [2.24, 2.45) is 5.73 Å². The van der Waals surface area contributed by atoms with E-state index in [0.29, 0.717) is 0 Å². The van der Waals surface area contributed by atoms with Gasteiger partial charge < -0.3 is 16.6 Å². The third kappa shape index (κ3) is 5.25. The molecule has 0 bridgehead atoms. The highest BCUT2D eigenvalue weighted by atomic mass is 16.4. The first-order valence-corrected chi connectivity index (χ1v) is 4.21. The van der Waals surface area contributed by atoms with Gasteiger partial charge in [0.25, 0.3) is 5.91 Å². The molecule has 1 rings (SSSR count). The number of amides is 1. The summed E-state index contributed by atoms with van der Waals surface area (Å²) in [6, 6.07) is 3.14. The molecule has 15 heavy (non-hydrogen) atoms. The van der Waals surface area contributed by atoms with Gasteiger partial charge in [-0.3, -0.25) is 9.59 Å². The summed E-state index contributed by atoms with van der Waals surface area (Å²) in [4.78, 5) is 23.6. The van der Waals surface area contributed by atoms with Crippen LogP contribution in [0.4, 0.5) is 5.82 Å². The van der Waals surface area contributed by atoms with Gasteiger partial charge in [-0.1, -0.05) is 6.92 Å². The van der Waals surface area contributed by atoms with Crippen LogP contribution in [0, 0.1) is 0 Å². The first-order valence-electron chi connectivity index (χ1n) is 4.21. The summed E-state index contributed by atoms with van der Waals surface area (Å²) in [5.74, 6) is -1.12. The van der Waals surface area contributed by atoms with Crippen LogP contribution in [0.25, 0.3) is 0 Å². The number of anilines is 1. The number of aliphatic carboxylic acids is 1. The van der Waals surface area contributed by atoms with Gasteiger partial charge in [0.2, 0.25) is 0 Å². The van der Waals surface area contributed by atoms with Crippen molar-refractivity contribution in [3.8, 4) is 0 Å². The average molecular weight is 211 g/mol. The Balaban J connectivity index is 0.000000336. The molecule has 0 saturated carbocycles. The summed E-state index contributed by atoms with van der Waals surface area (Å²) >= 11 is 0. The van der Waals surface area contributed by atoms with Crippen molar-refractivity contribution in [1.82, 2.24) is 4.98 Å². The zero-order chi connectivity index (χ0) is 11.8. The Hall–Kier alpha value is -2.11. The Bertz CT molecular complexity index is 352. The van der Waals surface area contributed by atoms with E-state index in [1.807, 2.05) is 0 Å². The van der Waals surface area contributed by atoms with Gasteiger partial charge in [-0.15, -0.1) is 0 Å². The number of carbonyl (C=O) groups is 2. The maximum atomic E-state index is 10.5. The molecule has 0 spiro atoms. The van der Waals surface area contributed by atoms with Crippen LogP contribution >= 0.6 is 0 Å². The molecule has 82 valence electrons. The molecule has 0 atom stereocenters. The number of carboxylic acids is 1. The quantitative estimate of drug-likeness (QED) is 0.647. The van der Waals surface area contributed by atoms with Crippen LogP contribution in [0.2, 0.25) is 0 Å². The predicted molar refractivity (Wildman–Crippen MR) is 55.1 cm³/mol. The van der Waals surface area contributed by atoms with E-state index < -0.39 is 11.9 Å². The lowest BCUT2D eigenvalue weighted by Gasteiger charge is -1.96. The highest BCUT2D eigenvalue weighted by molar-refractivity contribution is 5.96. The van der Waals surface area contributed by atoms with Gasteiger partial charge in [0.05, 0.1) is 5.56 Å². The number of nitrogen functional groups attached to an aromatic ring is 1. The summed E-state index contributed by atoms with van der Waals surface area (Å²) in [5.41, 5.74) is 10.5. The smallest absolute Gasteiger partial charge is 0.303 e. The van der Waals surface area contributed by atoms with Crippen molar-refractivity contribution < 1.29 is 14.7 Å². The number of nitrogens with two attached hydrogens (primary N) is 2. The highest BCUT2D eigenvalue weighted by Gasteiger charge is 2.02. The van der Waals surface area contributed by atoms with Gasteiger partial charge in [0.1, 0.15) is 5.82 Å². The third-order valence-electron chi connectivity index (χ3n) is 1.41. The van der Waals surface area contributed by atoms with Crippen molar-refractivity contribution in [3.63, 3.8) is 0 Å². The predicted octanol–water partition coefficient (Wildman–Crippen LogP) is 0.244. The molecule has 0 aromatic carbocycles. The number of carboxylic acid groups (broad SMARTS) is 1. The summed E-state index contributed by atoms with van der Waals surface area (Å²) in [6.07, 6.45) is 1.72. The molecule has 1 amide bonds. The monoisotopic (exact) mass is 211 g/mol. The number of primary amides is 1. The molecule has 0 fully saturated rings. The molecule has 1 aromatic rings. The first-order chi connectivity index (χ1) is 6.99. The number of hydrogen-bond donors (Lipinski definition) is 3. The van der Waals surface area contributed by atoms with Crippen molar-refractivity contribution in [3.05, 3.63) is 23.9 Å². The maximum Gasteiger partial charge on any atom is 0.303 e. The standard InChI is InChI=1S/C6H7N3O.C3H6O2/c7-5-4(6(8)10)2-1-3-9-5;1-2-3(4)5/h1-3H,(H2,7,9)(H2,8,10);2H2,1H3,(H,4,5). The minimum absolute atomic E-state index is 0.176. The van der Waals surface area contributed by atoms with Crippen LogP contribution in [0.3, 0.4) is 0 Å². The molecular formula is C9H13N3O3. The van der Waals surface area contributed by atoms with Crippen LogP contribution in [-0.4, -0.2) is 22.0 Å². The van der Waals surface area contributed by atoms with E-state index in [1.165, 1.54) is 12.3 Å². The fourth-order valence-corrected chi connectivity index (χ4v) is 0.626. The van der Waals surface area contributed by atoms with E-state index in [-0.39, 0.29) is 17.8 Å². The van der Waals surface area contributed by atoms with E-state index in [2.05, 4.69) is 4.98 Å². The minimum Gasteiger partial charge on any atom is -0.481 e. The second kappa shape index (κ2) is 6.36. The summed E-state index contributed by atoms with van der Waals surface area (Å²) in [5, 5.41) is 7.72. The zero-order valence-corrected chi connectivity index (χ0v) is 8.30. The maximum absolute atomic E-state index is 10.5. The third-order valence-corrected chi connectivity index (χ3v) is 1.41. The lowest BCUT2D eigenvalue weighted by molar-refractivity contribution is -0.136. The Morgan fingerprint density at radius 1 is 1.53 bits per heavy atom. The first kappa shape index (κ1) is 12.9. The second-order valence-electron chi connectivity index (χ2n) is 2.55. The Morgan fingerprint density at radius 2 is 2.07 bits per heavy atom. The largest absolute Gasteiger partial charge is 0.481 e. The number of rotatable bonds is 2. The molecule has 6 heteroatoms. The molecule has 1 aromatic heterocycles. The number of hydrogen-bond acceptors (Lipinski definition) is 4. The van der Waals surface area contributed by atoms with E-state index in [4.69, 9.17) is 16.6 Å². The molecule has 0 aliphatic carbocycles. The van der Waals surface area contributed by atoms with Crippen molar-refractivity contribution in [1.29, 1.82) is 0 Å². The number of aromatic nitrogens is 1. The van der Waals surface area contributed by atoms with Crippen LogP contribution < -0.4 is 11.5 Å². The molecular weight excluding hydrogens is 198 g/mol. The molecule has 0 aliphatic heterocycles. The highest BCUT2D eigenvalue weighted by Crippen LogP contribution is 2.03. The fraction of sp³-hybridized carbons (Fsp3) is 0.222.